The Morgan fingerprint density at radius 1 is 1.12 bits per heavy atom. The summed E-state index contributed by atoms with van der Waals surface area (Å²) in [5.74, 6) is -0.576. The first-order valence-corrected chi connectivity index (χ1v) is 9.69. The van der Waals surface area contributed by atoms with Crippen LogP contribution in [0.15, 0.2) is 0 Å². The van der Waals surface area contributed by atoms with Gasteiger partial charge in [-0.05, 0) is 44.4 Å². The number of hydrogen-bond acceptors (Lipinski definition) is 5. The fourth-order valence-electron chi connectivity index (χ4n) is 5.07. The van der Waals surface area contributed by atoms with Crippen LogP contribution >= 0.6 is 0 Å². The van der Waals surface area contributed by atoms with Crippen molar-refractivity contribution >= 4 is 0 Å². The Hall–Kier alpha value is -0.200. The summed E-state index contributed by atoms with van der Waals surface area (Å²) in [5, 5.41) is 22.2. The highest BCUT2D eigenvalue weighted by molar-refractivity contribution is 5.06. The lowest BCUT2D eigenvalue weighted by Gasteiger charge is -2.57. The van der Waals surface area contributed by atoms with Gasteiger partial charge in [-0.3, -0.25) is 0 Å². The molecule has 2 aliphatic heterocycles. The molecule has 2 N–H and O–H groups in total. The standard InChI is InChI=1S/C19H34O5/c1-5-6-11-22-16-13(3)15-8-7-12(2)14-9-10-18(4,20)24-17(23-16)19(14,15)21/h12-17,20-21H,5-11H2,1-4H3/t12-,13-,14?,15?,16?,17-,18+,19-/m1/s1. The molecule has 3 rings (SSSR count). The van der Waals surface area contributed by atoms with Crippen molar-refractivity contribution in [3.63, 3.8) is 0 Å². The lowest BCUT2D eigenvalue weighted by Crippen LogP contribution is -2.67. The molecule has 140 valence electrons. The maximum Gasteiger partial charge on any atom is 0.193 e. The van der Waals surface area contributed by atoms with E-state index in [0.717, 1.165) is 32.1 Å². The predicted octanol–water partition coefficient (Wildman–Crippen LogP) is 3.03. The van der Waals surface area contributed by atoms with Crippen LogP contribution in [0, 0.1) is 23.7 Å². The van der Waals surface area contributed by atoms with Gasteiger partial charge in [-0.2, -0.15) is 0 Å². The summed E-state index contributed by atoms with van der Waals surface area (Å²) in [6.45, 7) is 8.77. The van der Waals surface area contributed by atoms with E-state index in [1.54, 1.807) is 6.92 Å². The van der Waals surface area contributed by atoms with Crippen molar-refractivity contribution in [1.29, 1.82) is 0 Å². The molecular formula is C19H34O5. The van der Waals surface area contributed by atoms with Gasteiger partial charge in [-0.15, -0.1) is 0 Å². The Labute approximate surface area is 145 Å². The van der Waals surface area contributed by atoms with Crippen LogP contribution in [0.25, 0.3) is 0 Å². The fourth-order valence-corrected chi connectivity index (χ4v) is 5.07. The third-order valence-electron chi connectivity index (χ3n) is 6.57. The van der Waals surface area contributed by atoms with Crippen molar-refractivity contribution in [2.24, 2.45) is 23.7 Å². The van der Waals surface area contributed by atoms with Gasteiger partial charge < -0.3 is 24.4 Å². The summed E-state index contributed by atoms with van der Waals surface area (Å²) in [6, 6.07) is 0. The maximum absolute atomic E-state index is 11.7. The molecule has 0 spiro atoms. The number of ether oxygens (including phenoxy) is 3. The molecule has 3 fully saturated rings. The van der Waals surface area contributed by atoms with E-state index in [0.29, 0.717) is 18.9 Å². The minimum absolute atomic E-state index is 0.0815. The van der Waals surface area contributed by atoms with E-state index in [1.807, 2.05) is 0 Å². The van der Waals surface area contributed by atoms with Gasteiger partial charge in [0.25, 0.3) is 0 Å². The molecule has 3 unspecified atom stereocenters. The van der Waals surface area contributed by atoms with E-state index in [2.05, 4.69) is 20.8 Å². The summed E-state index contributed by atoms with van der Waals surface area (Å²) in [6.07, 6.45) is 4.19. The summed E-state index contributed by atoms with van der Waals surface area (Å²) < 4.78 is 17.9. The first-order chi connectivity index (χ1) is 11.3. The van der Waals surface area contributed by atoms with Gasteiger partial charge in [0.2, 0.25) is 0 Å². The zero-order valence-corrected chi connectivity index (χ0v) is 15.5. The lowest BCUT2D eigenvalue weighted by atomic mass is 9.58. The van der Waals surface area contributed by atoms with Crippen molar-refractivity contribution < 1.29 is 24.4 Å². The molecule has 0 aromatic heterocycles. The molecule has 1 saturated carbocycles. The molecule has 0 aromatic rings. The summed E-state index contributed by atoms with van der Waals surface area (Å²) in [4.78, 5) is 0. The van der Waals surface area contributed by atoms with Crippen LogP contribution < -0.4 is 0 Å². The van der Waals surface area contributed by atoms with Gasteiger partial charge in [-0.1, -0.05) is 27.2 Å². The Balaban J connectivity index is 1.88. The highest BCUT2D eigenvalue weighted by Gasteiger charge is 2.63. The first kappa shape index (κ1) is 18.6. The molecular weight excluding hydrogens is 308 g/mol. The predicted molar refractivity (Wildman–Crippen MR) is 90.0 cm³/mol. The van der Waals surface area contributed by atoms with E-state index in [4.69, 9.17) is 14.2 Å². The Kier molecular flexibility index (Phi) is 5.30. The summed E-state index contributed by atoms with van der Waals surface area (Å²) in [7, 11) is 0. The molecule has 1 aliphatic carbocycles. The first-order valence-electron chi connectivity index (χ1n) is 9.69. The largest absolute Gasteiger partial charge is 0.384 e. The molecule has 0 bridgehead atoms. The zero-order valence-electron chi connectivity index (χ0n) is 15.5. The molecule has 5 heteroatoms. The number of aliphatic hydroxyl groups is 2. The number of rotatable bonds is 4. The molecule has 0 amide bonds. The van der Waals surface area contributed by atoms with Crippen LogP contribution in [0.1, 0.15) is 66.2 Å². The molecule has 3 aliphatic rings. The van der Waals surface area contributed by atoms with Gasteiger partial charge in [0.15, 0.2) is 18.4 Å². The van der Waals surface area contributed by atoms with Crippen LogP contribution in [0.5, 0.6) is 0 Å². The van der Waals surface area contributed by atoms with Crippen molar-refractivity contribution in [2.45, 2.75) is 90.2 Å². The van der Waals surface area contributed by atoms with Gasteiger partial charge in [-0.25, -0.2) is 0 Å². The average molecular weight is 342 g/mol. The second kappa shape index (κ2) is 6.84. The third-order valence-corrected chi connectivity index (χ3v) is 6.57. The lowest BCUT2D eigenvalue weighted by molar-refractivity contribution is -0.408. The molecule has 8 atom stereocenters. The maximum atomic E-state index is 11.7. The van der Waals surface area contributed by atoms with E-state index in [9.17, 15) is 10.2 Å². The van der Waals surface area contributed by atoms with Crippen LogP contribution in [0.3, 0.4) is 0 Å². The molecule has 2 saturated heterocycles. The highest BCUT2D eigenvalue weighted by Crippen LogP contribution is 2.55. The smallest absolute Gasteiger partial charge is 0.193 e. The van der Waals surface area contributed by atoms with Crippen molar-refractivity contribution in [3.8, 4) is 0 Å². The quantitative estimate of drug-likeness (QED) is 0.769. The van der Waals surface area contributed by atoms with Crippen LogP contribution in [-0.2, 0) is 14.2 Å². The van der Waals surface area contributed by atoms with E-state index in [1.165, 1.54) is 0 Å². The SMILES string of the molecule is CCCCOC1O[C@@H]2O[C@](C)(O)CCC3[C@H](C)CCC([C@H]1C)[C@]32O. The molecule has 5 nitrogen and oxygen atoms in total. The van der Waals surface area contributed by atoms with Crippen LogP contribution in [0.4, 0.5) is 0 Å². The fraction of sp³-hybridized carbons (Fsp3) is 1.00. The monoisotopic (exact) mass is 342 g/mol. The average Bonchev–Trinajstić information content (AvgIpc) is 2.61. The Morgan fingerprint density at radius 2 is 1.88 bits per heavy atom. The van der Waals surface area contributed by atoms with Crippen LogP contribution in [0.2, 0.25) is 0 Å². The third kappa shape index (κ3) is 3.14. The Morgan fingerprint density at radius 3 is 2.58 bits per heavy atom. The summed E-state index contributed by atoms with van der Waals surface area (Å²) >= 11 is 0. The second-order valence-corrected chi connectivity index (χ2v) is 8.41. The molecule has 0 radical (unpaired) electrons. The van der Waals surface area contributed by atoms with Crippen LogP contribution in [-0.4, -0.2) is 40.8 Å². The highest BCUT2D eigenvalue weighted by atomic mass is 16.8. The van der Waals surface area contributed by atoms with Gasteiger partial charge in [0.05, 0.1) is 0 Å². The van der Waals surface area contributed by atoms with E-state index >= 15 is 0 Å². The number of hydrogen-bond donors (Lipinski definition) is 2. The minimum Gasteiger partial charge on any atom is -0.384 e. The van der Waals surface area contributed by atoms with Crippen molar-refractivity contribution in [2.75, 3.05) is 6.61 Å². The zero-order chi connectivity index (χ0) is 17.5. The number of unbranched alkanes of at least 4 members (excludes halogenated alkanes) is 1. The second-order valence-electron chi connectivity index (χ2n) is 8.41. The Bertz CT molecular complexity index is 439. The van der Waals surface area contributed by atoms with E-state index in [-0.39, 0.29) is 24.0 Å². The van der Waals surface area contributed by atoms with Gasteiger partial charge in [0.1, 0.15) is 5.60 Å². The van der Waals surface area contributed by atoms with Gasteiger partial charge in [0, 0.05) is 24.9 Å². The van der Waals surface area contributed by atoms with Crippen molar-refractivity contribution in [3.05, 3.63) is 0 Å². The molecule has 2 heterocycles. The summed E-state index contributed by atoms with van der Waals surface area (Å²) in [5.41, 5.74) is -1.04. The van der Waals surface area contributed by atoms with Gasteiger partial charge >= 0.3 is 0 Å². The molecule has 24 heavy (non-hydrogen) atoms. The minimum atomic E-state index is -1.27. The topological polar surface area (TPSA) is 68.2 Å². The molecule has 0 aromatic carbocycles. The normalized spacial score (nSPS) is 51.8. The van der Waals surface area contributed by atoms with Crippen molar-refractivity contribution in [1.82, 2.24) is 0 Å². The van der Waals surface area contributed by atoms with E-state index < -0.39 is 17.7 Å².